The first-order valence-electron chi connectivity index (χ1n) is 4.66. The van der Waals surface area contributed by atoms with E-state index >= 15 is 0 Å². The average Bonchev–Trinajstić information content (AvgIpc) is 2.63. The molecule has 0 unspecified atom stereocenters. The summed E-state index contributed by atoms with van der Waals surface area (Å²) in [6.45, 7) is 1.82. The molecule has 2 aromatic rings. The molecule has 1 N–H and O–H groups in total. The van der Waals surface area contributed by atoms with Crippen molar-refractivity contribution in [1.29, 1.82) is 0 Å². The number of rotatable bonds is 3. The van der Waals surface area contributed by atoms with Gasteiger partial charge in [-0.05, 0) is 46.6 Å². The molecule has 0 fully saturated rings. The molecule has 2 heterocycles. The van der Waals surface area contributed by atoms with E-state index in [-0.39, 0.29) is 15.2 Å². The highest BCUT2D eigenvalue weighted by Crippen LogP contribution is 2.31. The predicted molar refractivity (Wildman–Crippen MR) is 74.6 cm³/mol. The first kappa shape index (κ1) is 13.7. The Bertz CT molecular complexity index is 650. The Kier molecular flexibility index (Phi) is 3.90. The fourth-order valence-corrected chi connectivity index (χ4v) is 4.45. The molecule has 0 aliphatic heterocycles. The minimum Gasteiger partial charge on any atom is -0.261 e. The molecule has 0 aliphatic rings. The van der Waals surface area contributed by atoms with Gasteiger partial charge in [-0.3, -0.25) is 4.72 Å². The van der Waals surface area contributed by atoms with Crippen LogP contribution in [0.5, 0.6) is 0 Å². The lowest BCUT2D eigenvalue weighted by atomic mass is 10.4. The van der Waals surface area contributed by atoms with Crippen molar-refractivity contribution in [3.8, 4) is 0 Å². The highest BCUT2D eigenvalue weighted by molar-refractivity contribution is 9.11. The number of nitrogens with one attached hydrogen (secondary N) is 1. The monoisotopic (exact) mass is 367 g/mol. The third-order valence-corrected chi connectivity index (χ3v) is 6.14. The Morgan fingerprint density at radius 3 is 2.61 bits per heavy atom. The molecule has 0 saturated carbocycles. The quantitative estimate of drug-likeness (QED) is 0.903. The van der Waals surface area contributed by atoms with Gasteiger partial charge < -0.3 is 0 Å². The molecule has 0 aliphatic carbocycles. The van der Waals surface area contributed by atoms with E-state index in [9.17, 15) is 8.42 Å². The maximum Gasteiger partial charge on any atom is 0.272 e. The van der Waals surface area contributed by atoms with E-state index in [0.717, 1.165) is 20.7 Å². The molecule has 0 bridgehead atoms. The van der Waals surface area contributed by atoms with E-state index in [1.165, 1.54) is 12.1 Å². The number of halogens is 2. The molecule has 2 rings (SSSR count). The SMILES string of the molecule is Cc1cc(S(=O)(=O)Nc2ccc(Cl)nn2)sc1Br. The van der Waals surface area contributed by atoms with Gasteiger partial charge in [-0.25, -0.2) is 8.42 Å². The van der Waals surface area contributed by atoms with Gasteiger partial charge >= 0.3 is 0 Å². The molecule has 96 valence electrons. The number of nitrogens with zero attached hydrogens (tertiary/aromatic N) is 2. The van der Waals surface area contributed by atoms with E-state index in [4.69, 9.17) is 11.6 Å². The lowest BCUT2D eigenvalue weighted by Crippen LogP contribution is -2.12. The van der Waals surface area contributed by atoms with Crippen LogP contribution in [0.2, 0.25) is 5.15 Å². The van der Waals surface area contributed by atoms with E-state index in [1.54, 1.807) is 6.07 Å². The molecule has 0 atom stereocenters. The Balaban J connectivity index is 2.29. The van der Waals surface area contributed by atoms with Crippen LogP contribution in [-0.2, 0) is 10.0 Å². The molecule has 0 amide bonds. The first-order chi connectivity index (χ1) is 8.38. The number of anilines is 1. The number of aromatic nitrogens is 2. The van der Waals surface area contributed by atoms with Crippen LogP contribution in [0.1, 0.15) is 5.56 Å². The van der Waals surface area contributed by atoms with Crippen LogP contribution in [0, 0.1) is 6.92 Å². The molecule has 0 aromatic carbocycles. The Labute approximate surface area is 121 Å². The van der Waals surface area contributed by atoms with Crippen molar-refractivity contribution in [1.82, 2.24) is 10.2 Å². The number of hydrogen-bond donors (Lipinski definition) is 1. The van der Waals surface area contributed by atoms with Crippen LogP contribution in [0.25, 0.3) is 0 Å². The first-order valence-corrected chi connectivity index (χ1v) is 8.13. The van der Waals surface area contributed by atoms with Crippen molar-refractivity contribution < 1.29 is 8.42 Å². The van der Waals surface area contributed by atoms with Crippen LogP contribution in [0.15, 0.2) is 26.2 Å². The summed E-state index contributed by atoms with van der Waals surface area (Å²) in [5, 5.41) is 7.40. The van der Waals surface area contributed by atoms with E-state index in [0.29, 0.717) is 0 Å². The van der Waals surface area contributed by atoms with Crippen molar-refractivity contribution in [3.05, 3.63) is 32.7 Å². The summed E-state index contributed by atoms with van der Waals surface area (Å²) in [7, 11) is -3.63. The molecule has 5 nitrogen and oxygen atoms in total. The third-order valence-electron chi connectivity index (χ3n) is 1.97. The van der Waals surface area contributed by atoms with Crippen LogP contribution in [0.4, 0.5) is 5.82 Å². The van der Waals surface area contributed by atoms with Gasteiger partial charge in [-0.1, -0.05) is 11.6 Å². The zero-order chi connectivity index (χ0) is 13.3. The van der Waals surface area contributed by atoms with Gasteiger partial charge in [0, 0.05) is 0 Å². The molecular formula is C9H7BrClN3O2S2. The minimum absolute atomic E-state index is 0.126. The van der Waals surface area contributed by atoms with Gasteiger partial charge in [0.15, 0.2) is 11.0 Å². The number of hydrogen-bond acceptors (Lipinski definition) is 5. The highest BCUT2D eigenvalue weighted by atomic mass is 79.9. The predicted octanol–water partition coefficient (Wildman–Crippen LogP) is 3.06. The second kappa shape index (κ2) is 5.12. The largest absolute Gasteiger partial charge is 0.272 e. The minimum atomic E-state index is -3.63. The molecule has 0 saturated heterocycles. The number of sulfonamides is 1. The molecule has 18 heavy (non-hydrogen) atoms. The molecule has 0 radical (unpaired) electrons. The molecule has 0 spiro atoms. The summed E-state index contributed by atoms with van der Waals surface area (Å²) in [4.78, 5) is 0. The highest BCUT2D eigenvalue weighted by Gasteiger charge is 2.19. The van der Waals surface area contributed by atoms with Crippen LogP contribution >= 0.6 is 38.9 Å². The fourth-order valence-electron chi connectivity index (χ4n) is 1.12. The van der Waals surface area contributed by atoms with E-state index in [2.05, 4.69) is 30.8 Å². The molecular weight excluding hydrogens is 362 g/mol. The zero-order valence-corrected chi connectivity index (χ0v) is 13.0. The zero-order valence-electron chi connectivity index (χ0n) is 9.02. The Morgan fingerprint density at radius 2 is 2.11 bits per heavy atom. The number of thiophene rings is 1. The maximum atomic E-state index is 12.0. The third kappa shape index (κ3) is 3.00. The van der Waals surface area contributed by atoms with Crippen LogP contribution in [0.3, 0.4) is 0 Å². The lowest BCUT2D eigenvalue weighted by Gasteiger charge is -2.03. The van der Waals surface area contributed by atoms with Crippen LogP contribution in [-0.4, -0.2) is 18.6 Å². The van der Waals surface area contributed by atoms with Crippen molar-refractivity contribution in [3.63, 3.8) is 0 Å². The maximum absolute atomic E-state index is 12.0. The Morgan fingerprint density at radius 1 is 1.39 bits per heavy atom. The second-order valence-electron chi connectivity index (χ2n) is 3.37. The second-order valence-corrected chi connectivity index (χ2v) is 8.04. The summed E-state index contributed by atoms with van der Waals surface area (Å²) in [6, 6.07) is 4.49. The van der Waals surface area contributed by atoms with Gasteiger partial charge in [-0.2, -0.15) is 0 Å². The molecule has 9 heteroatoms. The summed E-state index contributed by atoms with van der Waals surface area (Å²) in [5.74, 6) is 0.126. The Hall–Kier alpha value is -0.700. The van der Waals surface area contributed by atoms with Gasteiger partial charge in [0.05, 0.1) is 3.79 Å². The summed E-state index contributed by atoms with van der Waals surface area (Å²) >= 11 is 9.99. The van der Waals surface area contributed by atoms with Gasteiger partial charge in [0.25, 0.3) is 10.0 Å². The standard InChI is InChI=1S/C9H7BrClN3O2S2/c1-5-4-8(17-9(5)10)18(15,16)14-7-3-2-6(11)12-13-7/h2-4H,1H3,(H,13,14). The average molecular weight is 369 g/mol. The van der Waals surface area contributed by atoms with E-state index < -0.39 is 10.0 Å². The van der Waals surface area contributed by atoms with Crippen molar-refractivity contribution in [2.45, 2.75) is 11.1 Å². The normalized spacial score (nSPS) is 11.5. The van der Waals surface area contributed by atoms with Gasteiger partial charge in [-0.15, -0.1) is 21.5 Å². The van der Waals surface area contributed by atoms with Crippen molar-refractivity contribution in [2.24, 2.45) is 0 Å². The molecule has 2 aromatic heterocycles. The summed E-state index contributed by atoms with van der Waals surface area (Å²) in [6.07, 6.45) is 0. The van der Waals surface area contributed by atoms with E-state index in [1.807, 2.05) is 6.92 Å². The van der Waals surface area contributed by atoms with Crippen molar-refractivity contribution >= 4 is 54.7 Å². The lowest BCUT2D eigenvalue weighted by molar-refractivity contribution is 0.603. The van der Waals surface area contributed by atoms with Crippen LogP contribution < -0.4 is 4.72 Å². The fraction of sp³-hybridized carbons (Fsp3) is 0.111. The number of aryl methyl sites for hydroxylation is 1. The van der Waals surface area contributed by atoms with Crippen molar-refractivity contribution in [2.75, 3.05) is 4.72 Å². The van der Waals surface area contributed by atoms with Gasteiger partial charge in [0.2, 0.25) is 0 Å². The summed E-state index contributed by atoms with van der Waals surface area (Å²) < 4.78 is 27.4. The summed E-state index contributed by atoms with van der Waals surface area (Å²) in [5.41, 5.74) is 0.863. The topological polar surface area (TPSA) is 72.0 Å². The smallest absolute Gasteiger partial charge is 0.261 e. The van der Waals surface area contributed by atoms with Gasteiger partial charge in [0.1, 0.15) is 4.21 Å².